The Morgan fingerprint density at radius 3 is 2.80 bits per heavy atom. The predicted molar refractivity (Wildman–Crippen MR) is 95.0 cm³/mol. The van der Waals surface area contributed by atoms with E-state index in [2.05, 4.69) is 15.5 Å². The number of hydrogen-bond donors (Lipinski definition) is 1. The molecule has 2 heterocycles. The van der Waals surface area contributed by atoms with Crippen molar-refractivity contribution in [2.45, 2.75) is 36.8 Å². The molecule has 1 fully saturated rings. The van der Waals surface area contributed by atoms with Crippen LogP contribution in [0.3, 0.4) is 0 Å². The molecule has 134 valence electrons. The van der Waals surface area contributed by atoms with E-state index in [1.54, 1.807) is 6.92 Å². The van der Waals surface area contributed by atoms with E-state index >= 15 is 0 Å². The summed E-state index contributed by atoms with van der Waals surface area (Å²) in [5.41, 5.74) is 1.88. The number of hydrogen-bond acceptors (Lipinski definition) is 7. The van der Waals surface area contributed by atoms with Crippen molar-refractivity contribution in [3.8, 4) is 11.5 Å². The molecule has 0 spiro atoms. The highest BCUT2D eigenvalue weighted by atomic mass is 32.2. The Hall–Kier alpha value is -1.87. The van der Waals surface area contributed by atoms with E-state index in [1.165, 1.54) is 0 Å². The maximum absolute atomic E-state index is 12.2. The van der Waals surface area contributed by atoms with Crippen molar-refractivity contribution in [3.05, 3.63) is 29.8 Å². The van der Waals surface area contributed by atoms with Gasteiger partial charge in [-0.15, -0.1) is 10.2 Å². The molecule has 1 aromatic carbocycles. The van der Waals surface area contributed by atoms with Crippen LogP contribution in [-0.2, 0) is 14.6 Å². The number of benzene rings is 1. The molecule has 2 aromatic rings. The summed E-state index contributed by atoms with van der Waals surface area (Å²) < 4.78 is 28.6. The van der Waals surface area contributed by atoms with Crippen LogP contribution in [0.4, 0.5) is 0 Å². The summed E-state index contributed by atoms with van der Waals surface area (Å²) in [5.74, 6) is 0.314. The molecule has 0 radical (unpaired) electrons. The average Bonchev–Trinajstić information content (AvgIpc) is 3.14. The highest BCUT2D eigenvalue weighted by molar-refractivity contribution is 8.00. The van der Waals surface area contributed by atoms with Gasteiger partial charge in [-0.3, -0.25) is 4.79 Å². The first-order chi connectivity index (χ1) is 11.8. The van der Waals surface area contributed by atoms with Gasteiger partial charge in [0.2, 0.25) is 11.8 Å². The largest absolute Gasteiger partial charge is 0.411 e. The van der Waals surface area contributed by atoms with E-state index in [4.69, 9.17) is 4.42 Å². The van der Waals surface area contributed by atoms with Crippen LogP contribution in [0.25, 0.3) is 11.5 Å². The molecule has 1 aliphatic rings. The van der Waals surface area contributed by atoms with Crippen LogP contribution in [0.2, 0.25) is 0 Å². The van der Waals surface area contributed by atoms with Gasteiger partial charge in [-0.2, -0.15) is 0 Å². The molecule has 0 bridgehead atoms. The Kier molecular flexibility index (Phi) is 5.14. The van der Waals surface area contributed by atoms with Crippen LogP contribution in [0.1, 0.15) is 18.9 Å². The molecule has 2 atom stereocenters. The standard InChI is InChI=1S/C16H19N3O4S2/c1-10-5-3-4-6-13(10)15-18-19-16(23-15)24-11(2)14(20)17-12-7-8-25(21,22)9-12/h3-6,11-12H,7-9H2,1-2H3,(H,17,20)/t11-,12-/m1/s1. The van der Waals surface area contributed by atoms with Crippen LogP contribution >= 0.6 is 11.8 Å². The Labute approximate surface area is 150 Å². The summed E-state index contributed by atoms with van der Waals surface area (Å²) in [6.07, 6.45) is 0.462. The fraction of sp³-hybridized carbons (Fsp3) is 0.438. The minimum atomic E-state index is -3.02. The molecule has 1 amide bonds. The molecule has 0 unspecified atom stereocenters. The van der Waals surface area contributed by atoms with E-state index in [0.717, 1.165) is 22.9 Å². The third kappa shape index (κ3) is 4.40. The molecular formula is C16H19N3O4S2. The monoisotopic (exact) mass is 381 g/mol. The van der Waals surface area contributed by atoms with Crippen molar-refractivity contribution in [1.29, 1.82) is 0 Å². The number of nitrogens with one attached hydrogen (secondary N) is 1. The Morgan fingerprint density at radius 2 is 2.12 bits per heavy atom. The lowest BCUT2D eigenvalue weighted by Crippen LogP contribution is -2.39. The van der Waals surface area contributed by atoms with Crippen LogP contribution in [0.15, 0.2) is 33.9 Å². The van der Waals surface area contributed by atoms with Crippen LogP contribution < -0.4 is 5.32 Å². The third-order valence-corrected chi connectivity index (χ3v) is 6.71. The van der Waals surface area contributed by atoms with E-state index in [1.807, 2.05) is 31.2 Å². The molecule has 1 N–H and O–H groups in total. The summed E-state index contributed by atoms with van der Waals surface area (Å²) in [6, 6.07) is 7.36. The minimum Gasteiger partial charge on any atom is -0.411 e. The van der Waals surface area contributed by atoms with Gasteiger partial charge in [-0.1, -0.05) is 30.0 Å². The Morgan fingerprint density at radius 1 is 1.36 bits per heavy atom. The number of nitrogens with zero attached hydrogens (tertiary/aromatic N) is 2. The fourth-order valence-corrected chi connectivity index (χ4v) is 4.98. The molecule has 9 heteroatoms. The molecule has 7 nitrogen and oxygen atoms in total. The quantitative estimate of drug-likeness (QED) is 0.788. The SMILES string of the molecule is Cc1ccccc1-c1nnc(S[C@H](C)C(=O)N[C@@H]2CCS(=O)(=O)C2)o1. The highest BCUT2D eigenvalue weighted by Crippen LogP contribution is 2.28. The number of aryl methyl sites for hydroxylation is 1. The summed E-state index contributed by atoms with van der Waals surface area (Å²) >= 11 is 1.15. The van der Waals surface area contributed by atoms with E-state index in [9.17, 15) is 13.2 Å². The smallest absolute Gasteiger partial charge is 0.277 e. The normalized spacial score (nSPS) is 20.3. The fourth-order valence-electron chi connectivity index (χ4n) is 2.61. The zero-order valence-corrected chi connectivity index (χ0v) is 15.6. The lowest BCUT2D eigenvalue weighted by molar-refractivity contribution is -0.120. The number of carbonyl (C=O) groups excluding carboxylic acids is 1. The third-order valence-electron chi connectivity index (χ3n) is 4.01. The Balaban J connectivity index is 1.61. The van der Waals surface area contributed by atoms with Gasteiger partial charge in [-0.25, -0.2) is 8.42 Å². The number of thioether (sulfide) groups is 1. The van der Waals surface area contributed by atoms with Gasteiger partial charge >= 0.3 is 0 Å². The maximum atomic E-state index is 12.2. The first-order valence-corrected chi connectivity index (χ1v) is 10.6. The zero-order valence-electron chi connectivity index (χ0n) is 13.9. The topological polar surface area (TPSA) is 102 Å². The summed E-state index contributed by atoms with van der Waals surface area (Å²) in [4.78, 5) is 12.2. The second-order valence-corrected chi connectivity index (χ2v) is 9.58. The van der Waals surface area contributed by atoms with Gasteiger partial charge < -0.3 is 9.73 Å². The van der Waals surface area contributed by atoms with Gasteiger partial charge in [0.1, 0.15) is 0 Å². The Bertz CT molecular complexity index is 879. The van der Waals surface area contributed by atoms with Crippen molar-refractivity contribution in [1.82, 2.24) is 15.5 Å². The average molecular weight is 381 g/mol. The van der Waals surface area contributed by atoms with Crippen LogP contribution in [0.5, 0.6) is 0 Å². The summed E-state index contributed by atoms with van der Waals surface area (Å²) in [7, 11) is -3.02. The van der Waals surface area contributed by atoms with Gasteiger partial charge in [0.25, 0.3) is 5.22 Å². The summed E-state index contributed by atoms with van der Waals surface area (Å²) in [6.45, 7) is 3.68. The minimum absolute atomic E-state index is 0.00805. The van der Waals surface area contributed by atoms with Gasteiger partial charge in [0, 0.05) is 11.6 Å². The second kappa shape index (κ2) is 7.17. The zero-order chi connectivity index (χ0) is 18.0. The maximum Gasteiger partial charge on any atom is 0.277 e. The number of sulfone groups is 1. The predicted octanol–water partition coefficient (Wildman–Crippen LogP) is 1.83. The molecule has 0 saturated carbocycles. The van der Waals surface area contributed by atoms with Gasteiger partial charge in [-0.05, 0) is 31.9 Å². The number of rotatable bonds is 5. The van der Waals surface area contributed by atoms with Gasteiger partial charge in [0.15, 0.2) is 9.84 Å². The van der Waals surface area contributed by atoms with E-state index in [-0.39, 0.29) is 23.5 Å². The van der Waals surface area contributed by atoms with Gasteiger partial charge in [0.05, 0.1) is 16.8 Å². The first-order valence-electron chi connectivity index (χ1n) is 7.91. The number of amides is 1. The van der Waals surface area contributed by atoms with Crippen LogP contribution in [0, 0.1) is 6.92 Å². The molecule has 0 aliphatic carbocycles. The second-order valence-electron chi connectivity index (χ2n) is 6.06. The lowest BCUT2D eigenvalue weighted by Gasteiger charge is -2.14. The molecule has 1 aromatic heterocycles. The number of carbonyl (C=O) groups is 1. The molecule has 25 heavy (non-hydrogen) atoms. The molecule has 1 aliphatic heterocycles. The van der Waals surface area contributed by atoms with E-state index in [0.29, 0.717) is 17.5 Å². The van der Waals surface area contributed by atoms with Crippen molar-refractivity contribution in [2.75, 3.05) is 11.5 Å². The number of aromatic nitrogens is 2. The highest BCUT2D eigenvalue weighted by Gasteiger charge is 2.30. The van der Waals surface area contributed by atoms with E-state index < -0.39 is 15.1 Å². The van der Waals surface area contributed by atoms with Crippen molar-refractivity contribution in [2.24, 2.45) is 0 Å². The lowest BCUT2D eigenvalue weighted by atomic mass is 10.1. The summed E-state index contributed by atoms with van der Waals surface area (Å²) in [5, 5.41) is 10.6. The van der Waals surface area contributed by atoms with Crippen molar-refractivity contribution in [3.63, 3.8) is 0 Å². The first kappa shape index (κ1) is 17.9. The molecular weight excluding hydrogens is 362 g/mol. The van der Waals surface area contributed by atoms with Crippen molar-refractivity contribution < 1.29 is 17.6 Å². The van der Waals surface area contributed by atoms with Crippen LogP contribution in [-0.4, -0.2) is 47.3 Å². The molecule has 1 saturated heterocycles. The van der Waals surface area contributed by atoms with Crippen molar-refractivity contribution >= 4 is 27.5 Å². The molecule has 3 rings (SSSR count).